The highest BCUT2D eigenvalue weighted by Gasteiger charge is 2.45. The van der Waals surface area contributed by atoms with Gasteiger partial charge in [0.15, 0.2) is 0 Å². The number of halogens is 1. The van der Waals surface area contributed by atoms with E-state index in [-0.39, 0.29) is 5.41 Å². The van der Waals surface area contributed by atoms with Crippen LogP contribution in [0.4, 0.5) is 0 Å². The van der Waals surface area contributed by atoms with Crippen molar-refractivity contribution in [3.05, 3.63) is 34.9 Å². The van der Waals surface area contributed by atoms with E-state index in [0.29, 0.717) is 0 Å². The molecule has 0 bridgehead atoms. The van der Waals surface area contributed by atoms with Crippen molar-refractivity contribution in [2.45, 2.75) is 38.0 Å². The second kappa shape index (κ2) is 4.47. The maximum atomic E-state index is 9.37. The predicted molar refractivity (Wildman–Crippen MR) is 66.4 cm³/mol. The first-order chi connectivity index (χ1) is 7.70. The van der Waals surface area contributed by atoms with Crippen molar-refractivity contribution >= 4 is 11.6 Å². The Morgan fingerprint density at radius 3 is 2.81 bits per heavy atom. The first-order valence-electron chi connectivity index (χ1n) is 5.87. The lowest BCUT2D eigenvalue weighted by Crippen LogP contribution is -2.39. The smallest absolute Gasteiger partial charge is 0.0828 e. The van der Waals surface area contributed by atoms with Crippen LogP contribution in [0.25, 0.3) is 0 Å². The average molecular weight is 234 g/mol. The van der Waals surface area contributed by atoms with Crippen LogP contribution in [0, 0.1) is 17.2 Å². The zero-order valence-electron chi connectivity index (χ0n) is 9.54. The van der Waals surface area contributed by atoms with Crippen molar-refractivity contribution in [3.8, 4) is 6.07 Å². The first-order valence-corrected chi connectivity index (χ1v) is 6.25. The van der Waals surface area contributed by atoms with Crippen molar-refractivity contribution in [2.75, 3.05) is 0 Å². The Morgan fingerprint density at radius 2 is 2.25 bits per heavy atom. The Hall–Kier alpha value is -1.00. The summed E-state index contributed by atoms with van der Waals surface area (Å²) in [4.78, 5) is 0. The summed E-state index contributed by atoms with van der Waals surface area (Å²) in [5.41, 5.74) is 0.833. The van der Waals surface area contributed by atoms with Crippen LogP contribution in [-0.2, 0) is 5.41 Å². The first kappa shape index (κ1) is 11.5. The minimum absolute atomic E-state index is 0.259. The number of nitriles is 1. The molecule has 0 radical (unpaired) electrons. The lowest BCUT2D eigenvalue weighted by atomic mass is 9.58. The average Bonchev–Trinajstić information content (AvgIpc) is 2.23. The molecule has 1 saturated carbocycles. The Kier molecular flexibility index (Phi) is 3.21. The van der Waals surface area contributed by atoms with Gasteiger partial charge in [0.2, 0.25) is 0 Å². The highest BCUT2D eigenvalue weighted by molar-refractivity contribution is 6.30. The van der Waals surface area contributed by atoms with Crippen LogP contribution in [0.15, 0.2) is 24.3 Å². The zero-order chi connectivity index (χ0) is 11.6. The van der Waals surface area contributed by atoms with Crippen LogP contribution in [0.3, 0.4) is 0 Å². The van der Waals surface area contributed by atoms with Crippen molar-refractivity contribution in [1.29, 1.82) is 5.26 Å². The summed E-state index contributed by atoms with van der Waals surface area (Å²) in [5, 5.41) is 10.1. The van der Waals surface area contributed by atoms with Crippen molar-refractivity contribution < 1.29 is 0 Å². The Balaban J connectivity index is 2.17. The third-order valence-electron chi connectivity index (χ3n) is 3.56. The number of rotatable bonds is 3. The van der Waals surface area contributed by atoms with E-state index in [2.05, 4.69) is 13.0 Å². The van der Waals surface area contributed by atoms with E-state index in [1.807, 2.05) is 24.3 Å². The molecule has 1 aromatic carbocycles. The van der Waals surface area contributed by atoms with Gasteiger partial charge in [0, 0.05) is 5.02 Å². The molecular formula is C14H16ClN. The van der Waals surface area contributed by atoms with Gasteiger partial charge in [0.1, 0.15) is 0 Å². The van der Waals surface area contributed by atoms with Crippen molar-refractivity contribution in [2.24, 2.45) is 5.92 Å². The van der Waals surface area contributed by atoms with Gasteiger partial charge in [-0.1, -0.05) is 43.5 Å². The van der Waals surface area contributed by atoms with E-state index >= 15 is 0 Å². The monoisotopic (exact) mass is 233 g/mol. The van der Waals surface area contributed by atoms with Crippen LogP contribution >= 0.6 is 11.6 Å². The Morgan fingerprint density at radius 1 is 1.50 bits per heavy atom. The molecule has 0 aliphatic heterocycles. The molecule has 0 spiro atoms. The van der Waals surface area contributed by atoms with Gasteiger partial charge in [-0.15, -0.1) is 0 Å². The van der Waals surface area contributed by atoms with E-state index in [1.165, 1.54) is 12.8 Å². The molecule has 1 aliphatic carbocycles. The maximum Gasteiger partial charge on any atom is 0.0828 e. The molecule has 2 rings (SSSR count). The standard InChI is InChI=1S/C14H16ClN/c1-2-4-11-8-14(9-11,10-16)12-5-3-6-13(15)7-12/h3,5-7,11H,2,4,8-9H2,1H3. The summed E-state index contributed by atoms with van der Waals surface area (Å²) in [6.07, 6.45) is 4.45. The van der Waals surface area contributed by atoms with Gasteiger partial charge in [0.25, 0.3) is 0 Å². The highest BCUT2D eigenvalue weighted by atomic mass is 35.5. The second-order valence-corrected chi connectivity index (χ2v) is 5.20. The second-order valence-electron chi connectivity index (χ2n) is 4.77. The molecule has 2 heteroatoms. The summed E-state index contributed by atoms with van der Waals surface area (Å²) >= 11 is 5.98. The summed E-state index contributed by atoms with van der Waals surface area (Å²) in [6, 6.07) is 10.2. The van der Waals surface area contributed by atoms with Crippen LogP contribution < -0.4 is 0 Å². The van der Waals surface area contributed by atoms with Crippen molar-refractivity contribution in [1.82, 2.24) is 0 Å². The van der Waals surface area contributed by atoms with Gasteiger partial charge in [0.05, 0.1) is 11.5 Å². The summed E-state index contributed by atoms with van der Waals surface area (Å²) in [6.45, 7) is 2.20. The fourth-order valence-electron chi connectivity index (χ4n) is 2.72. The molecular weight excluding hydrogens is 218 g/mol. The lowest BCUT2D eigenvalue weighted by molar-refractivity contribution is 0.184. The van der Waals surface area contributed by atoms with E-state index in [0.717, 1.165) is 29.3 Å². The topological polar surface area (TPSA) is 23.8 Å². The molecule has 0 aromatic heterocycles. The SMILES string of the molecule is CCCC1CC(C#N)(c2cccc(Cl)c2)C1. The number of nitrogens with zero attached hydrogens (tertiary/aromatic N) is 1. The highest BCUT2D eigenvalue weighted by Crippen LogP contribution is 2.49. The Bertz CT molecular complexity index is 413. The molecule has 16 heavy (non-hydrogen) atoms. The van der Waals surface area contributed by atoms with E-state index in [9.17, 15) is 5.26 Å². The van der Waals surface area contributed by atoms with Gasteiger partial charge in [-0.2, -0.15) is 5.26 Å². The van der Waals surface area contributed by atoms with E-state index in [1.54, 1.807) is 0 Å². The Labute approximate surface area is 102 Å². The molecule has 1 aliphatic rings. The molecule has 0 saturated heterocycles. The summed E-state index contributed by atoms with van der Waals surface area (Å²) in [5.74, 6) is 0.726. The lowest BCUT2D eigenvalue weighted by Gasteiger charge is -2.43. The van der Waals surface area contributed by atoms with Gasteiger partial charge in [-0.25, -0.2) is 0 Å². The minimum atomic E-state index is -0.259. The van der Waals surface area contributed by atoms with E-state index < -0.39 is 0 Å². The van der Waals surface area contributed by atoms with Crippen LogP contribution in [0.5, 0.6) is 0 Å². The fraction of sp³-hybridized carbons (Fsp3) is 0.500. The largest absolute Gasteiger partial charge is 0.197 e. The minimum Gasteiger partial charge on any atom is -0.197 e. The van der Waals surface area contributed by atoms with Crippen LogP contribution in [0.2, 0.25) is 5.02 Å². The molecule has 0 atom stereocenters. The molecule has 1 fully saturated rings. The zero-order valence-corrected chi connectivity index (χ0v) is 10.3. The number of benzene rings is 1. The fourth-order valence-corrected chi connectivity index (χ4v) is 2.91. The number of hydrogen-bond donors (Lipinski definition) is 0. The quantitative estimate of drug-likeness (QED) is 0.763. The molecule has 84 valence electrons. The molecule has 1 aromatic rings. The third kappa shape index (κ3) is 1.95. The number of hydrogen-bond acceptors (Lipinski definition) is 1. The molecule has 0 N–H and O–H groups in total. The molecule has 0 unspecified atom stereocenters. The van der Waals surface area contributed by atoms with Crippen LogP contribution in [0.1, 0.15) is 38.2 Å². The molecule has 0 heterocycles. The summed E-state index contributed by atoms with van der Waals surface area (Å²) < 4.78 is 0. The summed E-state index contributed by atoms with van der Waals surface area (Å²) in [7, 11) is 0. The third-order valence-corrected chi connectivity index (χ3v) is 3.80. The van der Waals surface area contributed by atoms with Gasteiger partial charge < -0.3 is 0 Å². The van der Waals surface area contributed by atoms with E-state index in [4.69, 9.17) is 11.6 Å². The van der Waals surface area contributed by atoms with Gasteiger partial charge in [-0.05, 0) is 36.5 Å². The predicted octanol–water partition coefficient (Wildman–Crippen LogP) is 4.31. The van der Waals surface area contributed by atoms with Crippen molar-refractivity contribution in [3.63, 3.8) is 0 Å². The normalized spacial score (nSPS) is 28.2. The molecule has 1 nitrogen and oxygen atoms in total. The van der Waals surface area contributed by atoms with Gasteiger partial charge >= 0.3 is 0 Å². The van der Waals surface area contributed by atoms with Gasteiger partial charge in [-0.3, -0.25) is 0 Å². The van der Waals surface area contributed by atoms with Crippen LogP contribution in [-0.4, -0.2) is 0 Å². The molecule has 0 amide bonds. The maximum absolute atomic E-state index is 9.37.